The summed E-state index contributed by atoms with van der Waals surface area (Å²) in [6, 6.07) is 4.38. The van der Waals surface area contributed by atoms with Crippen molar-refractivity contribution in [2.75, 3.05) is 24.2 Å². The van der Waals surface area contributed by atoms with Gasteiger partial charge in [0.25, 0.3) is 0 Å². The number of nitrogen functional groups attached to an aromatic ring is 1. The first-order chi connectivity index (χ1) is 9.36. The van der Waals surface area contributed by atoms with Crippen LogP contribution in [-0.2, 0) is 10.0 Å². The number of sulfonamides is 1. The number of aliphatic hydroxyl groups excluding tert-OH is 1. The molecule has 112 valence electrons. The van der Waals surface area contributed by atoms with Crippen LogP contribution >= 0.6 is 0 Å². The minimum atomic E-state index is -3.74. The molecule has 1 aliphatic rings. The van der Waals surface area contributed by atoms with Crippen molar-refractivity contribution in [3.63, 3.8) is 0 Å². The first-order valence-corrected chi connectivity index (χ1v) is 8.18. The molecule has 0 unspecified atom stereocenters. The van der Waals surface area contributed by atoms with E-state index in [4.69, 9.17) is 10.9 Å². The van der Waals surface area contributed by atoms with Crippen LogP contribution in [0.3, 0.4) is 0 Å². The average molecular weight is 299 g/mol. The summed E-state index contributed by atoms with van der Waals surface area (Å²) >= 11 is 0. The lowest BCUT2D eigenvalue weighted by Crippen LogP contribution is -2.30. The molecule has 2 rings (SSSR count). The number of nitrogens with one attached hydrogen (secondary N) is 1. The molecule has 0 spiro atoms. The Bertz CT molecular complexity index is 581. The number of hydrogen-bond acceptors (Lipinski definition) is 5. The lowest BCUT2D eigenvalue weighted by Gasteiger charge is -2.27. The van der Waals surface area contributed by atoms with Crippen molar-refractivity contribution in [1.29, 1.82) is 0 Å². The van der Waals surface area contributed by atoms with Gasteiger partial charge in [0.1, 0.15) is 0 Å². The number of nitrogens with two attached hydrogens (primary N) is 2. The van der Waals surface area contributed by atoms with Crippen molar-refractivity contribution >= 4 is 21.4 Å². The number of hydrogen-bond donors (Lipinski definition) is 4. The topological polar surface area (TPSA) is 118 Å². The monoisotopic (exact) mass is 299 g/mol. The van der Waals surface area contributed by atoms with E-state index >= 15 is 0 Å². The van der Waals surface area contributed by atoms with Crippen LogP contribution in [0.25, 0.3) is 0 Å². The third kappa shape index (κ3) is 3.23. The molecular weight excluding hydrogens is 278 g/mol. The molecule has 7 heteroatoms. The second-order valence-corrected chi connectivity index (χ2v) is 7.07. The zero-order valence-electron chi connectivity index (χ0n) is 11.3. The van der Waals surface area contributed by atoms with E-state index in [1.54, 1.807) is 6.07 Å². The molecule has 0 amide bonds. The summed E-state index contributed by atoms with van der Waals surface area (Å²) in [7, 11) is -3.74. The molecule has 1 aromatic carbocycles. The highest BCUT2D eigenvalue weighted by atomic mass is 32.2. The minimum Gasteiger partial charge on any atom is -0.397 e. The van der Waals surface area contributed by atoms with E-state index in [9.17, 15) is 13.5 Å². The molecule has 0 aromatic heterocycles. The Morgan fingerprint density at radius 3 is 2.45 bits per heavy atom. The van der Waals surface area contributed by atoms with Crippen LogP contribution in [0.15, 0.2) is 23.1 Å². The van der Waals surface area contributed by atoms with E-state index in [1.807, 2.05) is 0 Å². The normalized spacial score (nSPS) is 18.1. The summed E-state index contributed by atoms with van der Waals surface area (Å²) in [6.07, 6.45) is 4.24. The lowest BCUT2D eigenvalue weighted by molar-refractivity contribution is 0.142. The molecule has 0 aliphatic heterocycles. The Morgan fingerprint density at radius 2 is 1.95 bits per heavy atom. The van der Waals surface area contributed by atoms with Gasteiger partial charge in [-0.15, -0.1) is 0 Å². The molecular formula is C13H21N3O3S. The molecule has 1 aliphatic carbocycles. The summed E-state index contributed by atoms with van der Waals surface area (Å²) in [6.45, 7) is 0.775. The van der Waals surface area contributed by atoms with Gasteiger partial charge < -0.3 is 16.2 Å². The average Bonchev–Trinajstić information content (AvgIpc) is 2.85. The van der Waals surface area contributed by atoms with Crippen molar-refractivity contribution in [3.8, 4) is 0 Å². The Balaban J connectivity index is 2.11. The number of aliphatic hydroxyl groups is 1. The van der Waals surface area contributed by atoms with Gasteiger partial charge in [0.15, 0.2) is 0 Å². The Labute approximate surface area is 119 Å². The second-order valence-electron chi connectivity index (χ2n) is 5.51. The van der Waals surface area contributed by atoms with E-state index in [1.165, 1.54) is 12.1 Å². The fourth-order valence-electron chi connectivity index (χ4n) is 2.68. The van der Waals surface area contributed by atoms with Gasteiger partial charge in [0.2, 0.25) is 10.0 Å². The van der Waals surface area contributed by atoms with Crippen LogP contribution in [0, 0.1) is 5.41 Å². The number of rotatable bonds is 5. The summed E-state index contributed by atoms with van der Waals surface area (Å²) in [4.78, 5) is -0.00159. The van der Waals surface area contributed by atoms with Gasteiger partial charge in [-0.05, 0) is 31.0 Å². The Morgan fingerprint density at radius 1 is 1.30 bits per heavy atom. The molecule has 6 N–H and O–H groups in total. The number of benzene rings is 1. The van der Waals surface area contributed by atoms with E-state index in [-0.39, 0.29) is 16.9 Å². The van der Waals surface area contributed by atoms with Gasteiger partial charge in [0, 0.05) is 12.0 Å². The quantitative estimate of drug-likeness (QED) is 0.602. The van der Waals surface area contributed by atoms with Crippen molar-refractivity contribution in [1.82, 2.24) is 0 Å². The molecule has 20 heavy (non-hydrogen) atoms. The van der Waals surface area contributed by atoms with Crippen LogP contribution in [-0.4, -0.2) is 26.7 Å². The standard InChI is InChI=1S/C13H21N3O3S/c14-11-7-10(20(15,18)19)3-4-12(11)16-8-13(9-17)5-1-2-6-13/h3-4,7,16-17H,1-2,5-6,8-9,14H2,(H2,15,18,19). The number of anilines is 2. The fraction of sp³-hybridized carbons (Fsp3) is 0.538. The summed E-state index contributed by atoms with van der Waals surface area (Å²) in [5.74, 6) is 0. The van der Waals surface area contributed by atoms with Crippen LogP contribution < -0.4 is 16.2 Å². The SMILES string of the molecule is Nc1cc(S(N)(=O)=O)ccc1NCC1(CO)CCCC1. The van der Waals surface area contributed by atoms with Crippen molar-refractivity contribution in [3.05, 3.63) is 18.2 Å². The molecule has 6 nitrogen and oxygen atoms in total. The van der Waals surface area contributed by atoms with Crippen LogP contribution in [0.1, 0.15) is 25.7 Å². The maximum atomic E-state index is 11.2. The third-order valence-corrected chi connectivity index (χ3v) is 4.92. The zero-order chi connectivity index (χ0) is 14.8. The molecule has 0 radical (unpaired) electrons. The first-order valence-electron chi connectivity index (χ1n) is 6.63. The highest BCUT2D eigenvalue weighted by Gasteiger charge is 2.33. The smallest absolute Gasteiger partial charge is 0.238 e. The molecule has 1 fully saturated rings. The maximum absolute atomic E-state index is 11.2. The molecule has 0 atom stereocenters. The van der Waals surface area contributed by atoms with Gasteiger partial charge >= 0.3 is 0 Å². The third-order valence-electron chi connectivity index (χ3n) is 4.01. The predicted octanol–water partition coefficient (Wildman–Crippen LogP) is 0.881. The van der Waals surface area contributed by atoms with Crippen LogP contribution in [0.4, 0.5) is 11.4 Å². The van der Waals surface area contributed by atoms with Crippen molar-refractivity contribution < 1.29 is 13.5 Å². The van der Waals surface area contributed by atoms with Gasteiger partial charge in [-0.1, -0.05) is 12.8 Å². The highest BCUT2D eigenvalue weighted by molar-refractivity contribution is 7.89. The first kappa shape index (κ1) is 15.1. The second kappa shape index (κ2) is 5.59. The molecule has 0 saturated heterocycles. The van der Waals surface area contributed by atoms with E-state index < -0.39 is 10.0 Å². The van der Waals surface area contributed by atoms with Crippen LogP contribution in [0.2, 0.25) is 0 Å². The summed E-state index contributed by atoms with van der Waals surface area (Å²) < 4.78 is 22.5. The summed E-state index contributed by atoms with van der Waals surface area (Å²) in [5.41, 5.74) is 6.75. The molecule has 1 aromatic rings. The maximum Gasteiger partial charge on any atom is 0.238 e. The van der Waals surface area contributed by atoms with Gasteiger partial charge in [-0.2, -0.15) is 0 Å². The van der Waals surface area contributed by atoms with Crippen molar-refractivity contribution in [2.45, 2.75) is 30.6 Å². The van der Waals surface area contributed by atoms with Crippen LogP contribution in [0.5, 0.6) is 0 Å². The van der Waals surface area contributed by atoms with Gasteiger partial charge in [-0.3, -0.25) is 0 Å². The predicted molar refractivity (Wildman–Crippen MR) is 78.7 cm³/mol. The van der Waals surface area contributed by atoms with Crippen molar-refractivity contribution in [2.24, 2.45) is 10.6 Å². The molecule has 0 bridgehead atoms. The molecule has 1 saturated carbocycles. The lowest BCUT2D eigenvalue weighted by atomic mass is 9.87. The highest BCUT2D eigenvalue weighted by Crippen LogP contribution is 2.38. The molecule has 0 heterocycles. The van der Waals surface area contributed by atoms with Gasteiger partial charge in [-0.25, -0.2) is 13.6 Å². The van der Waals surface area contributed by atoms with E-state index in [0.717, 1.165) is 25.7 Å². The Hall–Kier alpha value is -1.31. The Kier molecular flexibility index (Phi) is 4.22. The summed E-state index contributed by atoms with van der Waals surface area (Å²) in [5, 5.41) is 17.8. The fourth-order valence-corrected chi connectivity index (χ4v) is 3.23. The van der Waals surface area contributed by atoms with Gasteiger partial charge in [0.05, 0.1) is 22.9 Å². The minimum absolute atomic E-state index is 0.00159. The zero-order valence-corrected chi connectivity index (χ0v) is 12.1. The van der Waals surface area contributed by atoms with E-state index in [0.29, 0.717) is 17.9 Å². The largest absolute Gasteiger partial charge is 0.397 e. The number of primary sulfonamides is 1. The van der Waals surface area contributed by atoms with E-state index in [2.05, 4.69) is 5.32 Å².